The number of rotatable bonds is 5. The van der Waals surface area contributed by atoms with Crippen molar-refractivity contribution in [3.63, 3.8) is 0 Å². The van der Waals surface area contributed by atoms with Gasteiger partial charge in [0.25, 0.3) is 0 Å². The standard InChI is InChI=1S/C14H27BrN4O7/c15-2-7(20)19-3-6-10(22)11(23)8(18)14(25-6)26-13-5(17)1-4(16)9(21)12(13)24/h4-6,8-14,21-24H,1-3,16-18H2,(H,19,20)/t4?,5?,6-,8-,9?,10-,11-,12?,13?,14-/m0/s1. The van der Waals surface area contributed by atoms with Gasteiger partial charge in [-0.2, -0.15) is 0 Å². The molecular weight excluding hydrogens is 416 g/mol. The minimum atomic E-state index is -1.39. The van der Waals surface area contributed by atoms with Crippen molar-refractivity contribution in [3.05, 3.63) is 0 Å². The summed E-state index contributed by atoms with van der Waals surface area (Å²) in [5, 5.41) is 42.9. The number of ether oxygens (including phenoxy) is 2. The maximum absolute atomic E-state index is 11.4. The molecule has 0 spiro atoms. The van der Waals surface area contributed by atoms with Gasteiger partial charge in [0.05, 0.1) is 17.5 Å². The van der Waals surface area contributed by atoms with Crippen molar-refractivity contribution in [1.29, 1.82) is 0 Å². The van der Waals surface area contributed by atoms with Crippen LogP contribution < -0.4 is 22.5 Å². The molecule has 2 aliphatic rings. The van der Waals surface area contributed by atoms with E-state index in [-0.39, 0.29) is 24.2 Å². The molecule has 5 unspecified atom stereocenters. The van der Waals surface area contributed by atoms with Crippen LogP contribution >= 0.6 is 15.9 Å². The zero-order valence-corrected chi connectivity index (χ0v) is 15.6. The van der Waals surface area contributed by atoms with E-state index >= 15 is 0 Å². The fourth-order valence-electron chi connectivity index (χ4n) is 3.13. The summed E-state index contributed by atoms with van der Waals surface area (Å²) < 4.78 is 11.2. The molecule has 1 aliphatic carbocycles. The van der Waals surface area contributed by atoms with E-state index in [1.54, 1.807) is 0 Å². The van der Waals surface area contributed by atoms with Crippen molar-refractivity contribution < 1.29 is 34.7 Å². The highest BCUT2D eigenvalue weighted by Gasteiger charge is 2.48. The normalized spacial score (nSPS) is 46.8. The second-order valence-corrected chi connectivity index (χ2v) is 7.25. The molecule has 152 valence electrons. The van der Waals surface area contributed by atoms with Crippen LogP contribution in [0, 0.1) is 0 Å². The Balaban J connectivity index is 2.05. The van der Waals surface area contributed by atoms with Gasteiger partial charge >= 0.3 is 0 Å². The van der Waals surface area contributed by atoms with Crippen molar-refractivity contribution in [1.82, 2.24) is 5.32 Å². The van der Waals surface area contributed by atoms with Crippen LogP contribution in [-0.4, -0.2) is 99.2 Å². The summed E-state index contributed by atoms with van der Waals surface area (Å²) in [6.45, 7) is -0.0813. The lowest BCUT2D eigenvalue weighted by Crippen LogP contribution is -2.67. The first-order valence-electron chi connectivity index (χ1n) is 8.30. The fourth-order valence-corrected chi connectivity index (χ4v) is 3.33. The predicted molar refractivity (Wildman–Crippen MR) is 92.9 cm³/mol. The third-order valence-corrected chi connectivity index (χ3v) is 5.26. The number of aliphatic hydroxyl groups is 4. The molecule has 1 amide bonds. The molecule has 1 heterocycles. The van der Waals surface area contributed by atoms with Crippen molar-refractivity contribution in [3.8, 4) is 0 Å². The number of hydrogen-bond acceptors (Lipinski definition) is 10. The first kappa shape index (κ1) is 21.9. The van der Waals surface area contributed by atoms with E-state index < -0.39 is 61.0 Å². The molecule has 0 aromatic rings. The molecular formula is C14H27BrN4O7. The van der Waals surface area contributed by atoms with Crippen molar-refractivity contribution in [2.45, 2.75) is 67.5 Å². The second kappa shape index (κ2) is 9.19. The van der Waals surface area contributed by atoms with Gasteiger partial charge in [0.2, 0.25) is 5.91 Å². The van der Waals surface area contributed by atoms with Crippen molar-refractivity contribution >= 4 is 21.8 Å². The molecule has 0 radical (unpaired) electrons. The summed E-state index contributed by atoms with van der Waals surface area (Å²) in [4.78, 5) is 11.4. The van der Waals surface area contributed by atoms with Crippen molar-refractivity contribution in [2.24, 2.45) is 17.2 Å². The van der Waals surface area contributed by atoms with E-state index in [9.17, 15) is 25.2 Å². The number of halogens is 1. The number of nitrogens with one attached hydrogen (secondary N) is 1. The third-order valence-electron chi connectivity index (χ3n) is 4.75. The van der Waals surface area contributed by atoms with Gasteiger partial charge in [0, 0.05) is 18.6 Å². The number of hydrogen-bond donors (Lipinski definition) is 8. The number of aliphatic hydroxyl groups excluding tert-OH is 4. The van der Waals surface area contributed by atoms with Crippen LogP contribution in [0.5, 0.6) is 0 Å². The lowest BCUT2D eigenvalue weighted by atomic mass is 9.84. The van der Waals surface area contributed by atoms with Gasteiger partial charge in [-0.3, -0.25) is 4.79 Å². The van der Waals surface area contributed by atoms with E-state index in [1.165, 1.54) is 0 Å². The highest BCUT2D eigenvalue weighted by Crippen LogP contribution is 2.27. The Bertz CT molecular complexity index is 490. The van der Waals surface area contributed by atoms with E-state index in [0.717, 1.165) is 0 Å². The van der Waals surface area contributed by atoms with Crippen LogP contribution in [0.25, 0.3) is 0 Å². The summed E-state index contributed by atoms with van der Waals surface area (Å²) in [5.74, 6) is -0.329. The molecule has 26 heavy (non-hydrogen) atoms. The summed E-state index contributed by atoms with van der Waals surface area (Å²) in [6.07, 6.45) is -8.34. The maximum Gasteiger partial charge on any atom is 0.230 e. The number of carbonyl (C=O) groups is 1. The lowest BCUT2D eigenvalue weighted by Gasteiger charge is -2.45. The number of carbonyl (C=O) groups excluding carboxylic acids is 1. The molecule has 1 aliphatic heterocycles. The SMILES string of the molecule is NC1CC(N)C(O[C@@H]2O[C@@H](CNC(=O)CBr)[C@H](O)[C@@H](O)[C@@H]2N)C(O)C1O. The Kier molecular flexibility index (Phi) is 7.73. The van der Waals surface area contributed by atoms with Crippen LogP contribution in [-0.2, 0) is 14.3 Å². The number of alkyl halides is 1. The minimum Gasteiger partial charge on any atom is -0.389 e. The Labute approximate surface area is 158 Å². The predicted octanol–water partition coefficient (Wildman–Crippen LogP) is -4.56. The zero-order chi connectivity index (χ0) is 19.6. The van der Waals surface area contributed by atoms with Crippen molar-refractivity contribution in [2.75, 3.05) is 11.9 Å². The largest absolute Gasteiger partial charge is 0.389 e. The molecule has 0 bridgehead atoms. The van der Waals surface area contributed by atoms with Crippen LogP contribution in [0.2, 0.25) is 0 Å². The smallest absolute Gasteiger partial charge is 0.230 e. The highest BCUT2D eigenvalue weighted by atomic mass is 79.9. The van der Waals surface area contributed by atoms with E-state index in [0.29, 0.717) is 0 Å². The molecule has 2 rings (SSSR count). The number of amides is 1. The average Bonchev–Trinajstić information content (AvgIpc) is 2.61. The van der Waals surface area contributed by atoms with Crippen LogP contribution in [0.3, 0.4) is 0 Å². The summed E-state index contributed by atoms with van der Waals surface area (Å²) in [7, 11) is 0. The fraction of sp³-hybridized carbons (Fsp3) is 0.929. The molecule has 1 saturated heterocycles. The second-order valence-electron chi connectivity index (χ2n) is 6.68. The molecule has 10 atom stereocenters. The van der Waals surface area contributed by atoms with E-state index in [1.807, 2.05) is 0 Å². The maximum atomic E-state index is 11.4. The molecule has 12 heteroatoms. The van der Waals surface area contributed by atoms with Crippen LogP contribution in [0.1, 0.15) is 6.42 Å². The molecule has 0 aromatic heterocycles. The first-order chi connectivity index (χ1) is 12.2. The Morgan fingerprint density at radius 3 is 2.35 bits per heavy atom. The minimum absolute atomic E-state index is 0.0685. The monoisotopic (exact) mass is 442 g/mol. The van der Waals surface area contributed by atoms with Gasteiger partial charge in [-0.15, -0.1) is 0 Å². The van der Waals surface area contributed by atoms with Crippen LogP contribution in [0.15, 0.2) is 0 Å². The number of nitrogens with two attached hydrogens (primary N) is 3. The Morgan fingerprint density at radius 2 is 1.73 bits per heavy atom. The first-order valence-corrected chi connectivity index (χ1v) is 9.42. The van der Waals surface area contributed by atoms with Gasteiger partial charge in [0.15, 0.2) is 6.29 Å². The molecule has 11 nitrogen and oxygen atoms in total. The summed E-state index contributed by atoms with van der Waals surface area (Å²) >= 11 is 2.99. The Morgan fingerprint density at radius 1 is 1.08 bits per heavy atom. The molecule has 0 aromatic carbocycles. The van der Waals surface area contributed by atoms with Gasteiger partial charge in [-0.25, -0.2) is 0 Å². The molecule has 11 N–H and O–H groups in total. The van der Waals surface area contributed by atoms with Gasteiger partial charge in [-0.05, 0) is 6.42 Å². The molecule has 1 saturated carbocycles. The summed E-state index contributed by atoms with van der Waals surface area (Å²) in [6, 6.07) is -2.50. The average molecular weight is 443 g/mol. The lowest BCUT2D eigenvalue weighted by molar-refractivity contribution is -0.288. The third kappa shape index (κ3) is 4.70. The van der Waals surface area contributed by atoms with Gasteiger partial charge in [0.1, 0.15) is 30.5 Å². The van der Waals surface area contributed by atoms with E-state index in [2.05, 4.69) is 21.2 Å². The van der Waals surface area contributed by atoms with Gasteiger partial charge in [-0.1, -0.05) is 15.9 Å². The quantitative estimate of drug-likeness (QED) is 0.191. The van der Waals surface area contributed by atoms with Crippen LogP contribution in [0.4, 0.5) is 0 Å². The molecule has 2 fully saturated rings. The summed E-state index contributed by atoms with van der Waals surface area (Å²) in [5.41, 5.74) is 17.5. The Hall–Kier alpha value is -0.410. The van der Waals surface area contributed by atoms with Gasteiger partial charge < -0.3 is 52.4 Å². The highest BCUT2D eigenvalue weighted by molar-refractivity contribution is 9.09. The zero-order valence-electron chi connectivity index (χ0n) is 14.0. The van der Waals surface area contributed by atoms with E-state index in [4.69, 9.17) is 26.7 Å². The topological polar surface area (TPSA) is 207 Å².